The Balaban J connectivity index is 2.48. The first-order chi connectivity index (χ1) is 7.70. The lowest BCUT2D eigenvalue weighted by Crippen LogP contribution is -1.88. The van der Waals surface area contributed by atoms with Crippen LogP contribution in [-0.2, 0) is 0 Å². The van der Waals surface area contributed by atoms with Crippen molar-refractivity contribution in [3.63, 3.8) is 0 Å². The summed E-state index contributed by atoms with van der Waals surface area (Å²) in [5, 5.41) is 0.167. The molecule has 0 radical (unpaired) electrons. The smallest absolute Gasteiger partial charge is 0.153 e. The van der Waals surface area contributed by atoms with Gasteiger partial charge in [-0.2, -0.15) is 0 Å². The third-order valence-electron chi connectivity index (χ3n) is 2.17. The molecule has 0 saturated heterocycles. The minimum Gasteiger partial charge on any atom is -0.298 e. The maximum absolute atomic E-state index is 12.7. The second-order valence-corrected chi connectivity index (χ2v) is 3.59. The predicted octanol–water partition coefficient (Wildman–Crippen LogP) is 3.35. The van der Waals surface area contributed by atoms with Crippen LogP contribution in [0.3, 0.4) is 0 Å². The van der Waals surface area contributed by atoms with Gasteiger partial charge in [-0.05, 0) is 23.8 Å². The van der Waals surface area contributed by atoms with E-state index in [-0.39, 0.29) is 11.0 Å². The minimum atomic E-state index is -0.304. The van der Waals surface area contributed by atoms with Crippen molar-refractivity contribution in [2.45, 2.75) is 0 Å². The third-order valence-corrected chi connectivity index (χ3v) is 2.49. The van der Waals surface area contributed by atoms with Gasteiger partial charge in [0.05, 0.1) is 5.56 Å². The molecule has 0 aliphatic rings. The van der Waals surface area contributed by atoms with Gasteiger partial charge in [-0.25, -0.2) is 9.37 Å². The second-order valence-electron chi connectivity index (χ2n) is 3.23. The normalized spacial score (nSPS) is 10.1. The van der Waals surface area contributed by atoms with Gasteiger partial charge >= 0.3 is 0 Å². The van der Waals surface area contributed by atoms with Crippen molar-refractivity contribution >= 4 is 17.9 Å². The van der Waals surface area contributed by atoms with Crippen LogP contribution in [0.5, 0.6) is 0 Å². The molecule has 0 amide bonds. The number of carbonyl (C=O) groups excluding carboxylic acids is 1. The number of aromatic nitrogens is 1. The molecule has 0 atom stereocenters. The van der Waals surface area contributed by atoms with E-state index in [9.17, 15) is 9.18 Å². The highest BCUT2D eigenvalue weighted by Crippen LogP contribution is 2.22. The van der Waals surface area contributed by atoms with E-state index >= 15 is 0 Å². The summed E-state index contributed by atoms with van der Waals surface area (Å²) in [6, 6.07) is 7.56. The number of hydrogen-bond donors (Lipinski definition) is 0. The van der Waals surface area contributed by atoms with Crippen LogP contribution in [0.4, 0.5) is 4.39 Å². The highest BCUT2D eigenvalue weighted by Gasteiger charge is 2.04. The molecule has 0 fully saturated rings. The number of aldehydes is 1. The van der Waals surface area contributed by atoms with Crippen molar-refractivity contribution < 1.29 is 9.18 Å². The molecule has 0 unspecified atom stereocenters. The molecular formula is C12H7ClFNO. The topological polar surface area (TPSA) is 30.0 Å². The van der Waals surface area contributed by atoms with Gasteiger partial charge in [0.15, 0.2) is 6.29 Å². The summed E-state index contributed by atoms with van der Waals surface area (Å²) in [5.41, 5.74) is 1.84. The molecule has 0 saturated carbocycles. The first kappa shape index (κ1) is 10.8. The van der Waals surface area contributed by atoms with Gasteiger partial charge in [0.25, 0.3) is 0 Å². The fraction of sp³-hybridized carbons (Fsp3) is 0. The quantitative estimate of drug-likeness (QED) is 0.590. The number of nitrogens with zero attached hydrogens (tertiary/aromatic N) is 1. The molecule has 0 N–H and O–H groups in total. The van der Waals surface area contributed by atoms with E-state index in [2.05, 4.69) is 4.98 Å². The lowest BCUT2D eigenvalue weighted by Gasteiger charge is -2.02. The number of carbonyl (C=O) groups is 1. The van der Waals surface area contributed by atoms with E-state index in [0.717, 1.165) is 11.1 Å². The molecule has 0 bridgehead atoms. The zero-order chi connectivity index (χ0) is 11.5. The number of rotatable bonds is 2. The SMILES string of the molecule is O=Cc1cc(-c2ccc(F)cc2)cnc1Cl. The van der Waals surface area contributed by atoms with Crippen LogP contribution >= 0.6 is 11.6 Å². The molecule has 80 valence electrons. The van der Waals surface area contributed by atoms with E-state index in [1.54, 1.807) is 24.4 Å². The van der Waals surface area contributed by atoms with Crippen molar-refractivity contribution in [2.24, 2.45) is 0 Å². The number of benzene rings is 1. The molecule has 0 aliphatic carbocycles. The Morgan fingerprint density at radius 3 is 2.50 bits per heavy atom. The maximum atomic E-state index is 12.7. The summed E-state index contributed by atoms with van der Waals surface area (Å²) >= 11 is 5.71. The van der Waals surface area contributed by atoms with Gasteiger partial charge < -0.3 is 0 Å². The predicted molar refractivity (Wildman–Crippen MR) is 60.0 cm³/mol. The Labute approximate surface area is 96.7 Å². The number of pyridine rings is 1. The zero-order valence-corrected chi connectivity index (χ0v) is 8.91. The monoisotopic (exact) mass is 235 g/mol. The molecule has 2 aromatic rings. The van der Waals surface area contributed by atoms with Gasteiger partial charge in [0, 0.05) is 11.8 Å². The summed E-state index contributed by atoms with van der Waals surface area (Å²) in [5.74, 6) is -0.304. The fourth-order valence-corrected chi connectivity index (χ4v) is 1.50. The Bertz CT molecular complexity index is 525. The molecule has 0 spiro atoms. The molecule has 1 heterocycles. The van der Waals surface area contributed by atoms with E-state index in [0.29, 0.717) is 11.8 Å². The number of halogens is 2. The third kappa shape index (κ3) is 2.09. The van der Waals surface area contributed by atoms with Crippen LogP contribution in [-0.4, -0.2) is 11.3 Å². The Kier molecular flexibility index (Phi) is 2.97. The lowest BCUT2D eigenvalue weighted by atomic mass is 10.1. The first-order valence-electron chi connectivity index (χ1n) is 4.57. The number of hydrogen-bond acceptors (Lipinski definition) is 2. The Morgan fingerprint density at radius 2 is 1.88 bits per heavy atom. The molecule has 1 aromatic heterocycles. The molecule has 16 heavy (non-hydrogen) atoms. The van der Waals surface area contributed by atoms with Crippen molar-refractivity contribution in [2.75, 3.05) is 0 Å². The van der Waals surface area contributed by atoms with Gasteiger partial charge in [0.2, 0.25) is 0 Å². The van der Waals surface area contributed by atoms with Crippen molar-refractivity contribution in [3.8, 4) is 11.1 Å². The molecule has 0 aliphatic heterocycles. The van der Waals surface area contributed by atoms with Crippen molar-refractivity contribution in [1.29, 1.82) is 0 Å². The Hall–Kier alpha value is -1.74. The summed E-state index contributed by atoms with van der Waals surface area (Å²) in [6.45, 7) is 0. The van der Waals surface area contributed by atoms with Crippen molar-refractivity contribution in [1.82, 2.24) is 4.98 Å². The average molecular weight is 236 g/mol. The summed E-state index contributed by atoms with van der Waals surface area (Å²) < 4.78 is 12.7. The van der Waals surface area contributed by atoms with Crippen LogP contribution in [0.15, 0.2) is 36.5 Å². The summed E-state index contributed by atoms with van der Waals surface area (Å²) in [7, 11) is 0. The molecule has 2 rings (SSSR count). The standard InChI is InChI=1S/C12H7ClFNO/c13-12-10(7-16)5-9(6-15-12)8-1-3-11(14)4-2-8/h1-7H. The summed E-state index contributed by atoms with van der Waals surface area (Å²) in [6.07, 6.45) is 2.19. The van der Waals surface area contributed by atoms with Crippen LogP contribution in [0.25, 0.3) is 11.1 Å². The Morgan fingerprint density at radius 1 is 1.19 bits per heavy atom. The van der Waals surface area contributed by atoms with E-state index in [4.69, 9.17) is 11.6 Å². The van der Waals surface area contributed by atoms with Gasteiger partial charge in [-0.1, -0.05) is 23.7 Å². The maximum Gasteiger partial charge on any atom is 0.153 e. The first-order valence-corrected chi connectivity index (χ1v) is 4.95. The van der Waals surface area contributed by atoms with Crippen molar-refractivity contribution in [3.05, 3.63) is 53.1 Å². The fourth-order valence-electron chi connectivity index (χ4n) is 1.35. The second kappa shape index (κ2) is 4.41. The lowest BCUT2D eigenvalue weighted by molar-refractivity contribution is 0.112. The molecule has 1 aromatic carbocycles. The van der Waals surface area contributed by atoms with E-state index in [1.165, 1.54) is 12.1 Å². The summed E-state index contributed by atoms with van der Waals surface area (Å²) in [4.78, 5) is 14.6. The zero-order valence-electron chi connectivity index (χ0n) is 8.15. The minimum absolute atomic E-state index is 0.167. The van der Waals surface area contributed by atoms with Gasteiger partial charge in [-0.3, -0.25) is 4.79 Å². The largest absolute Gasteiger partial charge is 0.298 e. The van der Waals surface area contributed by atoms with E-state index < -0.39 is 0 Å². The van der Waals surface area contributed by atoms with Gasteiger partial charge in [-0.15, -0.1) is 0 Å². The van der Waals surface area contributed by atoms with E-state index in [1.807, 2.05) is 0 Å². The highest BCUT2D eigenvalue weighted by molar-refractivity contribution is 6.31. The van der Waals surface area contributed by atoms with Crippen LogP contribution < -0.4 is 0 Å². The molecular weight excluding hydrogens is 229 g/mol. The molecule has 2 nitrogen and oxygen atoms in total. The van der Waals surface area contributed by atoms with Crippen LogP contribution in [0.1, 0.15) is 10.4 Å². The van der Waals surface area contributed by atoms with Crippen LogP contribution in [0.2, 0.25) is 5.15 Å². The van der Waals surface area contributed by atoms with Crippen LogP contribution in [0, 0.1) is 5.82 Å². The highest BCUT2D eigenvalue weighted by atomic mass is 35.5. The average Bonchev–Trinajstić information content (AvgIpc) is 2.31. The van der Waals surface area contributed by atoms with Gasteiger partial charge in [0.1, 0.15) is 11.0 Å². The molecule has 4 heteroatoms.